The van der Waals surface area contributed by atoms with E-state index in [1.165, 1.54) is 25.7 Å². The highest BCUT2D eigenvalue weighted by Crippen LogP contribution is 2.13. The van der Waals surface area contributed by atoms with Gasteiger partial charge in [-0.05, 0) is 50.9 Å². The molecule has 0 aliphatic rings. The Hall–Kier alpha value is -1.05. The highest BCUT2D eigenvalue weighted by molar-refractivity contribution is 5.66. The van der Waals surface area contributed by atoms with Crippen molar-refractivity contribution in [2.75, 3.05) is 0 Å². The molecule has 0 saturated carbocycles. The molecule has 0 radical (unpaired) electrons. The zero-order chi connectivity index (χ0) is 15.1. The topological polar surface area (TPSA) is 37.3 Å². The van der Waals surface area contributed by atoms with Gasteiger partial charge in [-0.3, -0.25) is 4.79 Å². The first-order chi connectivity index (χ1) is 9.66. The molecule has 0 aliphatic carbocycles. The summed E-state index contributed by atoms with van der Waals surface area (Å²) in [6.45, 7) is 4.37. The lowest BCUT2D eigenvalue weighted by molar-refractivity contribution is -0.137. The largest absolute Gasteiger partial charge is 0.481 e. The van der Waals surface area contributed by atoms with Crippen LogP contribution in [-0.4, -0.2) is 11.1 Å². The maximum absolute atomic E-state index is 10.4. The smallest absolute Gasteiger partial charge is 0.303 e. The van der Waals surface area contributed by atoms with Crippen LogP contribution in [0.4, 0.5) is 0 Å². The van der Waals surface area contributed by atoms with Crippen molar-refractivity contribution >= 4 is 5.97 Å². The average molecular weight is 280 g/mol. The number of unbranched alkanes of at least 4 members (excludes halogenated alkanes) is 4. The lowest BCUT2D eigenvalue weighted by Crippen LogP contribution is -2.00. The minimum Gasteiger partial charge on any atom is -0.481 e. The van der Waals surface area contributed by atoms with Gasteiger partial charge < -0.3 is 5.11 Å². The highest BCUT2D eigenvalue weighted by Gasteiger charge is 2.03. The van der Waals surface area contributed by atoms with Gasteiger partial charge in [0.15, 0.2) is 0 Å². The quantitative estimate of drug-likeness (QED) is 0.345. The van der Waals surface area contributed by atoms with Crippen LogP contribution in [0.25, 0.3) is 0 Å². The van der Waals surface area contributed by atoms with Gasteiger partial charge in [-0.15, -0.1) is 0 Å². The first-order valence-corrected chi connectivity index (χ1v) is 8.18. The predicted octanol–water partition coefficient (Wildman–Crippen LogP) is 5.74. The van der Waals surface area contributed by atoms with Gasteiger partial charge in [0, 0.05) is 6.42 Å². The molecule has 0 aromatic rings. The van der Waals surface area contributed by atoms with Gasteiger partial charge in [-0.1, -0.05) is 51.0 Å². The molecule has 1 N–H and O–H groups in total. The van der Waals surface area contributed by atoms with Crippen LogP contribution >= 0.6 is 0 Å². The molecule has 0 aromatic heterocycles. The van der Waals surface area contributed by atoms with E-state index in [1.807, 2.05) is 0 Å². The third-order valence-electron chi connectivity index (χ3n) is 3.48. The first kappa shape index (κ1) is 18.9. The van der Waals surface area contributed by atoms with Gasteiger partial charge in [0.1, 0.15) is 0 Å². The lowest BCUT2D eigenvalue weighted by Gasteiger charge is -2.06. The molecule has 2 heteroatoms. The van der Waals surface area contributed by atoms with E-state index in [1.54, 1.807) is 0 Å². The summed E-state index contributed by atoms with van der Waals surface area (Å²) in [6, 6.07) is 0. The third-order valence-corrected chi connectivity index (χ3v) is 3.48. The number of carboxylic acids is 1. The van der Waals surface area contributed by atoms with E-state index in [0.29, 0.717) is 12.3 Å². The Labute approximate surface area is 125 Å². The van der Waals surface area contributed by atoms with Gasteiger partial charge in [-0.2, -0.15) is 0 Å². The molecule has 1 unspecified atom stereocenters. The number of aliphatic carboxylic acids is 1. The van der Waals surface area contributed by atoms with Gasteiger partial charge in [0.2, 0.25) is 0 Å². The summed E-state index contributed by atoms with van der Waals surface area (Å²) in [5.74, 6) is -0.174. The normalized spacial score (nSPS) is 13.3. The van der Waals surface area contributed by atoms with Crippen molar-refractivity contribution in [1.29, 1.82) is 0 Å². The molecule has 0 aromatic carbocycles. The molecular weight excluding hydrogens is 248 g/mol. The van der Waals surface area contributed by atoms with Crippen LogP contribution in [-0.2, 0) is 4.79 Å². The zero-order valence-electron chi connectivity index (χ0n) is 13.3. The fraction of sp³-hybridized carbons (Fsp3) is 0.722. The maximum Gasteiger partial charge on any atom is 0.303 e. The van der Waals surface area contributed by atoms with Gasteiger partial charge >= 0.3 is 5.97 Å². The van der Waals surface area contributed by atoms with E-state index < -0.39 is 5.97 Å². The molecule has 0 aliphatic heterocycles. The molecule has 0 saturated heterocycles. The molecular formula is C18H32O2. The fourth-order valence-corrected chi connectivity index (χ4v) is 2.07. The van der Waals surface area contributed by atoms with E-state index >= 15 is 0 Å². The van der Waals surface area contributed by atoms with E-state index in [0.717, 1.165) is 32.1 Å². The fourth-order valence-electron chi connectivity index (χ4n) is 2.07. The summed E-state index contributed by atoms with van der Waals surface area (Å²) in [6.07, 6.45) is 19.8. The maximum atomic E-state index is 10.4. The molecule has 0 rings (SSSR count). The number of hydrogen-bond acceptors (Lipinski definition) is 1. The minimum absolute atomic E-state index is 0.299. The summed E-state index contributed by atoms with van der Waals surface area (Å²) in [4.78, 5) is 10.4. The van der Waals surface area contributed by atoms with Crippen molar-refractivity contribution in [2.45, 2.75) is 78.1 Å². The van der Waals surface area contributed by atoms with E-state index in [-0.39, 0.29) is 0 Å². The van der Waals surface area contributed by atoms with Crippen LogP contribution in [0.5, 0.6) is 0 Å². The Kier molecular flexibility index (Phi) is 13.6. The van der Waals surface area contributed by atoms with E-state index in [4.69, 9.17) is 5.11 Å². The number of hydrogen-bond donors (Lipinski definition) is 1. The van der Waals surface area contributed by atoms with Gasteiger partial charge in [-0.25, -0.2) is 0 Å². The van der Waals surface area contributed by atoms with Gasteiger partial charge in [0.05, 0.1) is 0 Å². The predicted molar refractivity (Wildman–Crippen MR) is 86.9 cm³/mol. The Morgan fingerprint density at radius 2 is 1.55 bits per heavy atom. The lowest BCUT2D eigenvalue weighted by atomic mass is 10.00. The summed E-state index contributed by atoms with van der Waals surface area (Å²) >= 11 is 0. The van der Waals surface area contributed by atoms with Crippen LogP contribution in [0.1, 0.15) is 78.1 Å². The Morgan fingerprint density at radius 1 is 0.950 bits per heavy atom. The molecule has 116 valence electrons. The summed E-state index contributed by atoms with van der Waals surface area (Å²) < 4.78 is 0. The second kappa shape index (κ2) is 14.4. The summed E-state index contributed by atoms with van der Waals surface area (Å²) in [7, 11) is 0. The number of allylic oxidation sites excluding steroid dienone is 4. The molecule has 2 nitrogen and oxygen atoms in total. The molecule has 0 heterocycles. The Morgan fingerprint density at radius 3 is 2.15 bits per heavy atom. The molecule has 0 spiro atoms. The van der Waals surface area contributed by atoms with Crippen molar-refractivity contribution in [2.24, 2.45) is 5.92 Å². The second-order valence-electron chi connectivity index (χ2n) is 5.63. The minimum atomic E-state index is -0.682. The highest BCUT2D eigenvalue weighted by atomic mass is 16.4. The van der Waals surface area contributed by atoms with Crippen LogP contribution in [0.3, 0.4) is 0 Å². The van der Waals surface area contributed by atoms with Crippen molar-refractivity contribution < 1.29 is 9.90 Å². The van der Waals surface area contributed by atoms with Crippen LogP contribution in [0, 0.1) is 5.92 Å². The van der Waals surface area contributed by atoms with Crippen LogP contribution in [0.2, 0.25) is 0 Å². The second-order valence-corrected chi connectivity index (χ2v) is 5.63. The monoisotopic (exact) mass is 280 g/mol. The molecule has 20 heavy (non-hydrogen) atoms. The van der Waals surface area contributed by atoms with Crippen molar-refractivity contribution in [3.63, 3.8) is 0 Å². The summed E-state index contributed by atoms with van der Waals surface area (Å²) in [5.41, 5.74) is 0. The van der Waals surface area contributed by atoms with Crippen LogP contribution in [0.15, 0.2) is 24.3 Å². The number of carbonyl (C=O) groups is 1. The van der Waals surface area contributed by atoms with Crippen molar-refractivity contribution in [3.8, 4) is 0 Å². The molecule has 0 fully saturated rings. The first-order valence-electron chi connectivity index (χ1n) is 8.18. The SMILES string of the molecule is CCCCC/C=C\CC/C=C\CCC(C)CCC(=O)O. The van der Waals surface area contributed by atoms with Gasteiger partial charge in [0.25, 0.3) is 0 Å². The number of rotatable bonds is 13. The Balaban J connectivity index is 3.37. The van der Waals surface area contributed by atoms with Crippen molar-refractivity contribution in [3.05, 3.63) is 24.3 Å². The standard InChI is InChI=1S/C18H32O2/c1-3-4-5-6-7-8-9-10-11-12-13-14-17(2)15-16-18(19)20/h7-8,11-12,17H,3-6,9-10,13-16H2,1-2H3,(H,19,20)/b8-7-,12-11-. The van der Waals surface area contributed by atoms with Crippen LogP contribution < -0.4 is 0 Å². The van der Waals surface area contributed by atoms with E-state index in [2.05, 4.69) is 38.2 Å². The molecule has 1 atom stereocenters. The summed E-state index contributed by atoms with van der Waals surface area (Å²) in [5, 5.41) is 8.60. The molecule has 0 amide bonds. The molecule has 0 bridgehead atoms. The Bertz CT molecular complexity index is 279. The number of carboxylic acid groups (broad SMARTS) is 1. The zero-order valence-corrected chi connectivity index (χ0v) is 13.3. The average Bonchev–Trinajstić information content (AvgIpc) is 2.42. The van der Waals surface area contributed by atoms with E-state index in [9.17, 15) is 4.79 Å². The van der Waals surface area contributed by atoms with Crippen molar-refractivity contribution in [1.82, 2.24) is 0 Å². The third kappa shape index (κ3) is 15.0.